The number of nitrogens with zero attached hydrogens (tertiary/aromatic N) is 3. The van der Waals surface area contributed by atoms with E-state index in [1.54, 1.807) is 0 Å². The van der Waals surface area contributed by atoms with E-state index in [-0.39, 0.29) is 17.5 Å². The molecule has 3 rings (SSSR count). The predicted molar refractivity (Wildman–Crippen MR) is 123 cm³/mol. The highest BCUT2D eigenvalue weighted by atomic mass is 16.5. The number of benzene rings is 1. The van der Waals surface area contributed by atoms with Gasteiger partial charge in [-0.05, 0) is 56.5 Å². The van der Waals surface area contributed by atoms with Crippen molar-refractivity contribution >= 4 is 23.5 Å². The van der Waals surface area contributed by atoms with Crippen LogP contribution in [0.5, 0.6) is 0 Å². The van der Waals surface area contributed by atoms with Crippen molar-refractivity contribution in [1.82, 2.24) is 4.57 Å². The summed E-state index contributed by atoms with van der Waals surface area (Å²) in [6.07, 6.45) is 3.69. The van der Waals surface area contributed by atoms with Gasteiger partial charge in [0.15, 0.2) is 6.61 Å². The minimum atomic E-state index is -0.814. The number of ketones is 1. The van der Waals surface area contributed by atoms with Gasteiger partial charge in [0.2, 0.25) is 5.78 Å². The van der Waals surface area contributed by atoms with Gasteiger partial charge in [-0.25, -0.2) is 4.79 Å². The van der Waals surface area contributed by atoms with Gasteiger partial charge in [0.1, 0.15) is 11.6 Å². The first-order valence-electron chi connectivity index (χ1n) is 10.7. The number of hydrogen-bond acceptors (Lipinski definition) is 6. The lowest BCUT2D eigenvalue weighted by Gasteiger charge is -2.14. The normalized spacial score (nSPS) is 16.0. The molecule has 0 N–H and O–H groups in total. The molecule has 1 aromatic carbocycles. The van der Waals surface area contributed by atoms with E-state index in [0.717, 1.165) is 36.5 Å². The van der Waals surface area contributed by atoms with Crippen LogP contribution >= 0.6 is 0 Å². The molecule has 0 aliphatic carbocycles. The third kappa shape index (κ3) is 5.45. The van der Waals surface area contributed by atoms with Gasteiger partial charge in [0.05, 0.1) is 6.10 Å². The average Bonchev–Trinajstić information content (AvgIpc) is 3.39. The molecule has 0 radical (unpaired) electrons. The van der Waals surface area contributed by atoms with Crippen molar-refractivity contribution in [3.8, 4) is 6.07 Å². The number of esters is 1. The molecule has 1 aliphatic heterocycles. The van der Waals surface area contributed by atoms with Gasteiger partial charge in [0, 0.05) is 49.9 Å². The van der Waals surface area contributed by atoms with Crippen molar-refractivity contribution in [2.24, 2.45) is 0 Å². The number of hydrogen-bond donors (Lipinski definition) is 0. The Hall–Kier alpha value is -3.37. The smallest absolute Gasteiger partial charge is 0.349 e. The highest BCUT2D eigenvalue weighted by Crippen LogP contribution is 2.21. The number of nitriles is 1. The molecule has 0 spiro atoms. The van der Waals surface area contributed by atoms with Crippen LogP contribution in [0.1, 0.15) is 40.2 Å². The number of ether oxygens (including phenoxy) is 2. The van der Waals surface area contributed by atoms with Crippen molar-refractivity contribution in [2.75, 3.05) is 32.2 Å². The molecule has 168 valence electrons. The lowest BCUT2D eigenvalue weighted by atomic mass is 10.1. The Balaban J connectivity index is 1.64. The number of aromatic nitrogens is 1. The van der Waals surface area contributed by atoms with Gasteiger partial charge in [-0.2, -0.15) is 5.26 Å². The molecular weight excluding hydrogens is 406 g/mol. The number of aryl methyl sites for hydroxylation is 1. The van der Waals surface area contributed by atoms with Gasteiger partial charge in [0.25, 0.3) is 0 Å². The molecule has 0 saturated carbocycles. The summed E-state index contributed by atoms with van der Waals surface area (Å²) >= 11 is 0. The first kappa shape index (κ1) is 23.3. The summed E-state index contributed by atoms with van der Waals surface area (Å²) in [5.41, 5.74) is 3.87. The predicted octanol–water partition coefficient (Wildman–Crippen LogP) is 3.68. The molecule has 2 heterocycles. The molecule has 32 heavy (non-hydrogen) atoms. The Bertz CT molecular complexity index is 1050. The highest BCUT2D eigenvalue weighted by molar-refractivity contribution is 6.02. The minimum Gasteiger partial charge on any atom is -0.453 e. The summed E-state index contributed by atoms with van der Waals surface area (Å²) < 4.78 is 12.9. The fourth-order valence-corrected chi connectivity index (χ4v) is 3.82. The molecule has 1 aliphatic rings. The van der Waals surface area contributed by atoms with Crippen LogP contribution in [0.2, 0.25) is 0 Å². The monoisotopic (exact) mass is 435 g/mol. The van der Waals surface area contributed by atoms with Crippen LogP contribution in [-0.4, -0.2) is 49.7 Å². The molecule has 1 aromatic heterocycles. The number of anilines is 1. The number of Topliss-reactive ketones (excluding diaryl/α,β-unsaturated/α-hetero) is 1. The zero-order valence-corrected chi connectivity index (χ0v) is 19.1. The fraction of sp³-hybridized carbons (Fsp3) is 0.400. The summed E-state index contributed by atoms with van der Waals surface area (Å²) in [5.74, 6) is -1.11. The van der Waals surface area contributed by atoms with E-state index >= 15 is 0 Å². The maximum Gasteiger partial charge on any atom is 0.349 e. The van der Waals surface area contributed by atoms with Crippen LogP contribution in [0.4, 0.5) is 5.69 Å². The van der Waals surface area contributed by atoms with Crippen LogP contribution in [0, 0.1) is 25.2 Å². The molecular formula is C25H29N3O4. The molecule has 7 heteroatoms. The molecule has 0 amide bonds. The summed E-state index contributed by atoms with van der Waals surface area (Å²) in [6, 6.07) is 11.1. The quantitative estimate of drug-likeness (QED) is 0.272. The van der Waals surface area contributed by atoms with E-state index in [4.69, 9.17) is 9.47 Å². The summed E-state index contributed by atoms with van der Waals surface area (Å²) in [6.45, 7) is 4.90. The van der Waals surface area contributed by atoms with Crippen molar-refractivity contribution in [2.45, 2.75) is 39.3 Å². The van der Waals surface area contributed by atoms with E-state index in [9.17, 15) is 14.9 Å². The molecule has 1 fully saturated rings. The largest absolute Gasteiger partial charge is 0.453 e. The molecule has 1 saturated heterocycles. The lowest BCUT2D eigenvalue weighted by Crippen LogP contribution is -2.18. The maximum atomic E-state index is 12.7. The van der Waals surface area contributed by atoms with Crippen LogP contribution in [0.3, 0.4) is 0 Å². The van der Waals surface area contributed by atoms with Crippen molar-refractivity contribution in [3.63, 3.8) is 0 Å². The van der Waals surface area contributed by atoms with Crippen LogP contribution in [0.15, 0.2) is 35.9 Å². The number of rotatable bonds is 8. The topological polar surface area (TPSA) is 84.6 Å². The van der Waals surface area contributed by atoms with Crippen molar-refractivity contribution in [1.29, 1.82) is 5.26 Å². The van der Waals surface area contributed by atoms with E-state index in [1.807, 2.05) is 69.2 Å². The minimum absolute atomic E-state index is 0.153. The Morgan fingerprint density at radius 1 is 1.28 bits per heavy atom. The van der Waals surface area contributed by atoms with Crippen molar-refractivity contribution in [3.05, 3.63) is 58.4 Å². The van der Waals surface area contributed by atoms with Gasteiger partial charge in [-0.15, -0.1) is 0 Å². The lowest BCUT2D eigenvalue weighted by molar-refractivity contribution is -0.137. The Kier molecular flexibility index (Phi) is 7.49. The summed E-state index contributed by atoms with van der Waals surface area (Å²) in [4.78, 5) is 27.1. The van der Waals surface area contributed by atoms with Gasteiger partial charge < -0.3 is 18.9 Å². The second-order valence-electron chi connectivity index (χ2n) is 8.19. The third-order valence-corrected chi connectivity index (χ3v) is 5.68. The Labute approximate surface area is 188 Å². The summed E-state index contributed by atoms with van der Waals surface area (Å²) in [7, 11) is 3.86. The first-order chi connectivity index (χ1) is 15.3. The van der Waals surface area contributed by atoms with Gasteiger partial charge in [-0.1, -0.05) is 12.1 Å². The first-order valence-corrected chi connectivity index (χ1v) is 10.7. The second-order valence-corrected chi connectivity index (χ2v) is 8.19. The standard InChI is InChI=1S/C25H29N3O4/c1-17-12-23(18(2)28(17)15-22-6-5-11-31-22)24(29)16-32-25(30)20(14-26)13-19-7-9-21(10-8-19)27(3)4/h7-10,12-13,22H,5-6,11,15-16H2,1-4H3/b20-13-. The number of carbonyl (C=O) groups excluding carboxylic acids is 2. The average molecular weight is 436 g/mol. The highest BCUT2D eigenvalue weighted by Gasteiger charge is 2.22. The molecule has 1 unspecified atom stereocenters. The van der Waals surface area contributed by atoms with E-state index in [2.05, 4.69) is 4.57 Å². The van der Waals surface area contributed by atoms with Gasteiger partial charge in [-0.3, -0.25) is 4.79 Å². The number of carbonyl (C=O) groups is 2. The zero-order valence-electron chi connectivity index (χ0n) is 19.1. The summed E-state index contributed by atoms with van der Waals surface area (Å²) in [5, 5.41) is 9.37. The zero-order chi connectivity index (χ0) is 23.3. The van der Waals surface area contributed by atoms with Crippen LogP contribution in [-0.2, 0) is 20.8 Å². The third-order valence-electron chi connectivity index (χ3n) is 5.68. The molecule has 0 bridgehead atoms. The maximum absolute atomic E-state index is 12.7. The molecule has 7 nitrogen and oxygen atoms in total. The van der Waals surface area contributed by atoms with E-state index in [0.29, 0.717) is 17.7 Å². The Morgan fingerprint density at radius 3 is 2.59 bits per heavy atom. The Morgan fingerprint density at radius 2 is 2.00 bits per heavy atom. The molecule has 1 atom stereocenters. The van der Waals surface area contributed by atoms with Crippen LogP contribution in [0.25, 0.3) is 6.08 Å². The van der Waals surface area contributed by atoms with Crippen LogP contribution < -0.4 is 4.90 Å². The van der Waals surface area contributed by atoms with E-state index in [1.165, 1.54) is 6.08 Å². The second kappa shape index (κ2) is 10.3. The molecule has 2 aromatic rings. The van der Waals surface area contributed by atoms with Crippen molar-refractivity contribution < 1.29 is 19.1 Å². The fourth-order valence-electron chi connectivity index (χ4n) is 3.82. The SMILES string of the molecule is Cc1cc(C(=O)COC(=O)/C(C#N)=C\c2ccc(N(C)C)cc2)c(C)n1CC1CCCO1. The van der Waals surface area contributed by atoms with E-state index < -0.39 is 12.6 Å². The van der Waals surface area contributed by atoms with Gasteiger partial charge >= 0.3 is 5.97 Å².